The molecule has 0 aliphatic rings. The number of phenolic OH excluding ortho intramolecular Hbond substituents is 1. The maximum absolute atomic E-state index is 13.3. The maximum Gasteiger partial charge on any atom is 0.148 e. The van der Waals surface area contributed by atoms with Gasteiger partial charge in [0.15, 0.2) is 0 Å². The van der Waals surface area contributed by atoms with E-state index in [1.165, 1.54) is 30.3 Å². The summed E-state index contributed by atoms with van der Waals surface area (Å²) in [6, 6.07) is 26.0. The summed E-state index contributed by atoms with van der Waals surface area (Å²) in [7, 11) is 0. The van der Waals surface area contributed by atoms with Crippen molar-refractivity contribution in [3.05, 3.63) is 167 Å². The van der Waals surface area contributed by atoms with Crippen molar-refractivity contribution in [2.45, 2.75) is 137 Å². The number of aromatic nitrogens is 3. The number of aryl methyl sites for hydroxylation is 1. The molecular weight excluding hydrogens is 1010 g/mol. The van der Waals surface area contributed by atoms with E-state index in [-0.39, 0.29) is 71.2 Å². The zero-order valence-corrected chi connectivity index (χ0v) is 40.3. The Hall–Kier alpha value is -5.57. The number of imidazole rings is 1. The van der Waals surface area contributed by atoms with Crippen molar-refractivity contribution in [3.8, 4) is 67.5 Å². The summed E-state index contributed by atoms with van der Waals surface area (Å²) in [6.45, 7) is -30.3. The predicted molar refractivity (Wildman–Crippen MR) is 285 cm³/mol. The Morgan fingerprint density at radius 1 is 0.559 bits per heavy atom. The van der Waals surface area contributed by atoms with Crippen molar-refractivity contribution in [2.75, 3.05) is 0 Å². The maximum atomic E-state index is 13.3. The summed E-state index contributed by atoms with van der Waals surface area (Å²) < 4.78 is 286. The number of benzene rings is 6. The second kappa shape index (κ2) is 18.1. The van der Waals surface area contributed by atoms with Gasteiger partial charge in [0, 0.05) is 85.2 Å². The number of fused-ring (bicyclic) bond motifs is 1. The number of hydrogen-bond donors (Lipinski definition) is 1. The molecule has 0 aliphatic carbocycles. The Morgan fingerprint density at radius 3 is 1.84 bits per heavy atom. The van der Waals surface area contributed by atoms with Gasteiger partial charge >= 0.3 is 0 Å². The summed E-state index contributed by atoms with van der Waals surface area (Å²) in [5.41, 5.74) is -20.5. The van der Waals surface area contributed by atoms with Gasteiger partial charge in [-0.1, -0.05) is 199 Å². The monoisotopic (exact) mass is 1110 g/mol. The van der Waals surface area contributed by atoms with Crippen molar-refractivity contribution in [3.63, 3.8) is 0 Å². The minimum Gasteiger partial charge on any atom is -0.507 e. The van der Waals surface area contributed by atoms with E-state index in [4.69, 9.17) is 46.1 Å². The Morgan fingerprint density at radius 2 is 1.19 bits per heavy atom. The molecule has 1 N–H and O–H groups in total. The van der Waals surface area contributed by atoms with Crippen LogP contribution in [-0.2, 0) is 48.1 Å². The topological polar surface area (TPSA) is 50.9 Å². The smallest absolute Gasteiger partial charge is 0.148 e. The summed E-state index contributed by atoms with van der Waals surface area (Å²) >= 11 is 0. The molecule has 0 fully saturated rings. The van der Waals surface area contributed by atoms with E-state index < -0.39 is 147 Å². The first-order valence-corrected chi connectivity index (χ1v) is 21.3. The quantitative estimate of drug-likeness (QED) is 0.169. The SMILES string of the molecule is [2H]c1c(-c2nc3c(-c4[c-]c(-c5cc(-c6ccc(C(C)(C)C)cc6)c(C([2H])([2H])[2H])cn5)cc(C(C([2H])([2H])[2H])(C([2H])([2H])[2H])C([2H])([2H])[2H])c4)cccc3n2-c2ccc(C(C)(C)C)cc2-c2ccccc2)c(O)c(C(C([2H])([2H])[2H])(C([2H])([2H])[2H])C([2H])([2H])[2H])c([2H])c1C(C([2H])([2H])[2H])(C([2H])([2H])[2H])C([2H])([2H])[2H].[Pt]. The van der Waals surface area contributed by atoms with Gasteiger partial charge in [0.05, 0.1) is 25.0 Å². The van der Waals surface area contributed by atoms with Crippen molar-refractivity contribution in [1.82, 2.24) is 14.5 Å². The molecule has 0 amide bonds. The minimum atomic E-state index is -4.63. The zero-order valence-electron chi connectivity index (χ0n) is 70.1. The molecule has 0 bridgehead atoms. The largest absolute Gasteiger partial charge is 0.507 e. The van der Waals surface area contributed by atoms with Gasteiger partial charge in [-0.2, -0.15) is 0 Å². The second-order valence-corrected chi connectivity index (χ2v) is 18.9. The number of rotatable bonds is 6. The standard InChI is InChI=1S/C63H70N3O.Pt/c1-39-38-64-53(37-49(39)41-25-27-44(28-26-41)59(2,3)4)43-31-42(32-46(33-43)61(8,9)10)48-23-20-24-55-56(48)65-58(51-35-47(62(11,12)13)36-52(57(51)67)63(14,15)16)66(55)54-30-29-45(60(5,6)7)34-50(54)40-21-18-17-19-22-40;/h17-30,32-38,67H,1-16H3;/q-1;/i1D3,8D3,9D3,10D3,11D3,12D3,13D3,14D3,15D3,16D3,35D,36D;. The number of pyridine rings is 1. The first-order chi connectivity index (χ1) is 44.5. The summed E-state index contributed by atoms with van der Waals surface area (Å²) in [4.78, 5) is 9.39. The number of hydrogen-bond acceptors (Lipinski definition) is 3. The van der Waals surface area contributed by atoms with Crippen LogP contribution in [0.5, 0.6) is 5.75 Å². The van der Waals surface area contributed by atoms with Gasteiger partial charge in [-0.15, -0.1) is 29.3 Å². The fourth-order valence-electron chi connectivity index (χ4n) is 7.98. The molecule has 68 heavy (non-hydrogen) atoms. The summed E-state index contributed by atoms with van der Waals surface area (Å²) in [6.07, 6.45) is 0.998. The molecule has 0 aliphatic heterocycles. The first kappa shape index (κ1) is 23.4. The van der Waals surface area contributed by atoms with Gasteiger partial charge in [-0.05, 0) is 97.1 Å². The van der Waals surface area contributed by atoms with E-state index in [0.717, 1.165) is 28.5 Å². The van der Waals surface area contributed by atoms with E-state index in [1.54, 1.807) is 66.7 Å². The van der Waals surface area contributed by atoms with E-state index in [9.17, 15) is 7.85 Å². The number of para-hydroxylation sites is 1. The molecule has 0 saturated carbocycles. The fraction of sp³-hybridized carbons (Fsp3) is 0.333. The molecule has 8 rings (SSSR count). The van der Waals surface area contributed by atoms with Crippen LogP contribution in [0.3, 0.4) is 0 Å². The van der Waals surface area contributed by atoms with Gasteiger partial charge in [0.1, 0.15) is 11.6 Å². The number of nitrogens with zero attached hydrogens (tertiary/aromatic N) is 3. The van der Waals surface area contributed by atoms with Gasteiger partial charge in [-0.3, -0.25) is 9.55 Å². The average Bonchev–Trinajstić information content (AvgIpc) is 0.810. The summed E-state index contributed by atoms with van der Waals surface area (Å²) in [5, 5.41) is 13.3. The Labute approximate surface area is 466 Å². The van der Waals surface area contributed by atoms with Crippen molar-refractivity contribution in [1.29, 1.82) is 0 Å². The van der Waals surface area contributed by atoms with Crippen LogP contribution in [0.1, 0.15) is 180 Å². The molecule has 8 aromatic rings. The van der Waals surface area contributed by atoms with Crippen LogP contribution >= 0.6 is 0 Å². The third kappa shape index (κ3) is 9.95. The Bertz CT molecular complexity index is 4210. The zero-order chi connectivity index (χ0) is 75.3. The molecule has 0 unspecified atom stereocenters. The molecule has 2 aromatic heterocycles. The van der Waals surface area contributed by atoms with Crippen LogP contribution in [0, 0.1) is 12.9 Å². The number of phenols is 1. The molecular formula is C63H70N3OPt-. The molecule has 2 heterocycles. The van der Waals surface area contributed by atoms with Crippen LogP contribution in [0.15, 0.2) is 127 Å². The van der Waals surface area contributed by atoms with Gasteiger partial charge in [0.25, 0.3) is 0 Å². The van der Waals surface area contributed by atoms with Crippen molar-refractivity contribution >= 4 is 11.0 Å². The molecule has 0 saturated heterocycles. The normalized spacial score (nSPS) is 21.4. The Kier molecular flexibility index (Phi) is 6.21. The third-order valence-electron chi connectivity index (χ3n) is 11.7. The first-order valence-electron chi connectivity index (χ1n) is 37.3. The van der Waals surface area contributed by atoms with Crippen molar-refractivity contribution in [2.24, 2.45) is 0 Å². The predicted octanol–water partition coefficient (Wildman–Crippen LogP) is 17.1. The number of aromatic hydroxyl groups is 1. The average molecular weight is 1110 g/mol. The molecule has 354 valence electrons. The van der Waals surface area contributed by atoms with E-state index in [1.807, 2.05) is 41.5 Å². The van der Waals surface area contributed by atoms with Crippen molar-refractivity contribution < 1.29 is 70.0 Å². The fourth-order valence-corrected chi connectivity index (χ4v) is 7.98. The van der Waals surface area contributed by atoms with Crippen LogP contribution in [0.2, 0.25) is 0 Å². The van der Waals surface area contributed by atoms with Crippen LogP contribution in [0.4, 0.5) is 0 Å². The van der Waals surface area contributed by atoms with E-state index >= 15 is 0 Å². The molecule has 0 radical (unpaired) electrons. The van der Waals surface area contributed by atoms with Gasteiger partial charge in [-0.25, -0.2) is 4.98 Å². The molecule has 6 aromatic carbocycles. The second-order valence-electron chi connectivity index (χ2n) is 18.9. The van der Waals surface area contributed by atoms with Crippen LogP contribution in [-0.4, -0.2) is 19.6 Å². The molecule has 0 spiro atoms. The van der Waals surface area contributed by atoms with Gasteiger partial charge in [0.2, 0.25) is 0 Å². The van der Waals surface area contributed by atoms with Crippen LogP contribution < -0.4 is 0 Å². The summed E-state index contributed by atoms with van der Waals surface area (Å²) in [5.74, 6) is -2.92. The Balaban J connectivity index is 0.0000140. The van der Waals surface area contributed by atoms with E-state index in [2.05, 4.69) is 11.1 Å². The van der Waals surface area contributed by atoms with Crippen LogP contribution in [0.25, 0.3) is 72.7 Å². The molecule has 5 heteroatoms. The third-order valence-corrected chi connectivity index (χ3v) is 11.7. The molecule has 0 atom stereocenters. The molecule has 4 nitrogen and oxygen atoms in total. The minimum absolute atomic E-state index is 0. The van der Waals surface area contributed by atoms with E-state index in [0.29, 0.717) is 16.7 Å². The van der Waals surface area contributed by atoms with Gasteiger partial charge < -0.3 is 5.11 Å².